The molecule has 0 amide bonds. The van der Waals surface area contributed by atoms with Gasteiger partial charge in [0.05, 0.1) is 12.1 Å². The molecule has 100 valence electrons. The van der Waals surface area contributed by atoms with Crippen LogP contribution in [-0.2, 0) is 0 Å². The Kier molecular flexibility index (Phi) is 4.85. The number of rotatable bonds is 3. The molecule has 2 rings (SSSR count). The fourth-order valence-electron chi connectivity index (χ4n) is 2.75. The van der Waals surface area contributed by atoms with Gasteiger partial charge in [-0.15, -0.1) is 0 Å². The first-order chi connectivity index (χ1) is 8.54. The lowest BCUT2D eigenvalue weighted by Crippen LogP contribution is -2.11. The summed E-state index contributed by atoms with van der Waals surface area (Å²) in [4.78, 5) is 0.269. The van der Waals surface area contributed by atoms with E-state index in [4.69, 9.17) is 27.9 Å². The van der Waals surface area contributed by atoms with Crippen molar-refractivity contribution < 1.29 is 4.74 Å². The molecular weight excluding hydrogens is 335 g/mol. The Morgan fingerprint density at radius 3 is 2.56 bits per heavy atom. The van der Waals surface area contributed by atoms with E-state index in [0.717, 1.165) is 16.5 Å². The molecule has 3 atom stereocenters. The van der Waals surface area contributed by atoms with Crippen molar-refractivity contribution in [2.24, 2.45) is 11.8 Å². The smallest absolute Gasteiger partial charge is 0.138 e. The molecule has 1 aliphatic carbocycles. The molecular formula is C14H17BrCl2O. The summed E-state index contributed by atoms with van der Waals surface area (Å²) in [5.41, 5.74) is 1.07. The summed E-state index contributed by atoms with van der Waals surface area (Å²) in [6, 6.07) is 3.72. The van der Waals surface area contributed by atoms with Gasteiger partial charge in [0.1, 0.15) is 5.75 Å². The van der Waals surface area contributed by atoms with E-state index in [1.54, 1.807) is 13.2 Å². The van der Waals surface area contributed by atoms with E-state index in [-0.39, 0.29) is 4.83 Å². The maximum absolute atomic E-state index is 6.33. The van der Waals surface area contributed by atoms with Crippen LogP contribution in [0.25, 0.3) is 0 Å². The molecule has 0 aromatic heterocycles. The largest absolute Gasteiger partial charge is 0.495 e. The number of halogens is 3. The van der Waals surface area contributed by atoms with Crippen molar-refractivity contribution in [3.8, 4) is 5.75 Å². The third kappa shape index (κ3) is 2.81. The molecule has 0 radical (unpaired) electrons. The Bertz CT molecular complexity index is 436. The lowest BCUT2D eigenvalue weighted by Gasteiger charge is -2.23. The van der Waals surface area contributed by atoms with Gasteiger partial charge >= 0.3 is 0 Å². The highest BCUT2D eigenvalue weighted by Crippen LogP contribution is 2.47. The molecule has 18 heavy (non-hydrogen) atoms. The lowest BCUT2D eigenvalue weighted by atomic mass is 9.91. The molecule has 1 fully saturated rings. The van der Waals surface area contributed by atoms with Gasteiger partial charge in [-0.05, 0) is 29.9 Å². The number of ether oxygens (including phenoxy) is 1. The standard InChI is InChI=1S/C14H17BrCl2O/c1-8-4-3-5-9(8)14(15)10-6-12(17)13(18-2)7-11(10)16/h6-9,14H,3-5H2,1-2H3. The third-order valence-corrected chi connectivity index (χ3v) is 5.67. The van der Waals surface area contributed by atoms with E-state index >= 15 is 0 Å². The van der Waals surface area contributed by atoms with E-state index in [1.807, 2.05) is 6.07 Å². The van der Waals surface area contributed by atoms with Crippen LogP contribution < -0.4 is 4.74 Å². The molecule has 0 aliphatic heterocycles. The number of benzene rings is 1. The van der Waals surface area contributed by atoms with Crippen molar-refractivity contribution in [3.63, 3.8) is 0 Å². The summed E-state index contributed by atoms with van der Waals surface area (Å²) >= 11 is 16.3. The average Bonchev–Trinajstić information content (AvgIpc) is 2.77. The Morgan fingerprint density at radius 2 is 2.00 bits per heavy atom. The second-order valence-electron chi connectivity index (χ2n) is 4.98. The Labute approximate surface area is 127 Å². The normalized spacial score (nSPS) is 25.2. The minimum absolute atomic E-state index is 0.269. The molecule has 1 aromatic rings. The van der Waals surface area contributed by atoms with E-state index in [2.05, 4.69) is 22.9 Å². The predicted octanol–water partition coefficient (Wildman–Crippen LogP) is 5.87. The van der Waals surface area contributed by atoms with E-state index in [1.165, 1.54) is 19.3 Å². The number of hydrogen-bond donors (Lipinski definition) is 0. The number of methoxy groups -OCH3 is 1. The van der Waals surface area contributed by atoms with Gasteiger partial charge in [-0.3, -0.25) is 0 Å². The van der Waals surface area contributed by atoms with E-state index in [0.29, 0.717) is 16.7 Å². The van der Waals surface area contributed by atoms with Crippen LogP contribution in [0.3, 0.4) is 0 Å². The monoisotopic (exact) mass is 350 g/mol. The van der Waals surface area contributed by atoms with Crippen LogP contribution >= 0.6 is 39.1 Å². The van der Waals surface area contributed by atoms with Crippen molar-refractivity contribution in [3.05, 3.63) is 27.7 Å². The van der Waals surface area contributed by atoms with Gasteiger partial charge < -0.3 is 4.74 Å². The van der Waals surface area contributed by atoms with Crippen LogP contribution in [0.4, 0.5) is 0 Å². The van der Waals surface area contributed by atoms with Crippen molar-refractivity contribution in [1.29, 1.82) is 0 Å². The molecule has 0 N–H and O–H groups in total. The molecule has 0 heterocycles. The average molecular weight is 352 g/mol. The van der Waals surface area contributed by atoms with Crippen LogP contribution in [0, 0.1) is 11.8 Å². The summed E-state index contributed by atoms with van der Waals surface area (Å²) in [5, 5.41) is 1.34. The fourth-order valence-corrected chi connectivity index (χ4v) is 4.57. The van der Waals surface area contributed by atoms with Crippen molar-refractivity contribution >= 4 is 39.1 Å². The predicted molar refractivity (Wildman–Crippen MR) is 81.2 cm³/mol. The SMILES string of the molecule is COc1cc(Cl)c(C(Br)C2CCCC2C)cc1Cl. The maximum atomic E-state index is 6.33. The van der Waals surface area contributed by atoms with Crippen LogP contribution in [0.15, 0.2) is 12.1 Å². The Morgan fingerprint density at radius 1 is 1.28 bits per heavy atom. The van der Waals surface area contributed by atoms with Gasteiger partial charge in [-0.25, -0.2) is 0 Å². The fraction of sp³-hybridized carbons (Fsp3) is 0.571. The van der Waals surface area contributed by atoms with Gasteiger partial charge in [-0.2, -0.15) is 0 Å². The van der Waals surface area contributed by atoms with Crippen molar-refractivity contribution in [2.45, 2.75) is 31.0 Å². The Balaban J connectivity index is 2.30. The molecule has 0 bridgehead atoms. The molecule has 4 heteroatoms. The highest BCUT2D eigenvalue weighted by Gasteiger charge is 2.31. The van der Waals surface area contributed by atoms with Gasteiger partial charge in [0.25, 0.3) is 0 Å². The minimum Gasteiger partial charge on any atom is -0.495 e. The second-order valence-corrected chi connectivity index (χ2v) is 6.78. The molecule has 0 saturated heterocycles. The van der Waals surface area contributed by atoms with Crippen molar-refractivity contribution in [1.82, 2.24) is 0 Å². The van der Waals surface area contributed by atoms with Crippen LogP contribution in [0.1, 0.15) is 36.6 Å². The van der Waals surface area contributed by atoms with Crippen LogP contribution in [0.5, 0.6) is 5.75 Å². The maximum Gasteiger partial charge on any atom is 0.138 e. The van der Waals surface area contributed by atoms with E-state index in [9.17, 15) is 0 Å². The first kappa shape index (κ1) is 14.5. The first-order valence-electron chi connectivity index (χ1n) is 6.21. The summed E-state index contributed by atoms with van der Waals surface area (Å²) in [5.74, 6) is 1.99. The molecule has 1 nitrogen and oxygen atoms in total. The van der Waals surface area contributed by atoms with Crippen LogP contribution in [-0.4, -0.2) is 7.11 Å². The third-order valence-electron chi connectivity index (χ3n) is 3.87. The first-order valence-corrected chi connectivity index (χ1v) is 7.88. The topological polar surface area (TPSA) is 9.23 Å². The summed E-state index contributed by atoms with van der Waals surface area (Å²) in [7, 11) is 1.60. The summed E-state index contributed by atoms with van der Waals surface area (Å²) in [6.07, 6.45) is 3.85. The minimum atomic E-state index is 0.269. The molecule has 1 aromatic carbocycles. The number of alkyl halides is 1. The zero-order valence-electron chi connectivity index (χ0n) is 10.6. The van der Waals surface area contributed by atoms with Crippen molar-refractivity contribution in [2.75, 3.05) is 7.11 Å². The van der Waals surface area contributed by atoms with Crippen LogP contribution in [0.2, 0.25) is 10.0 Å². The van der Waals surface area contributed by atoms with E-state index < -0.39 is 0 Å². The van der Waals surface area contributed by atoms with Gasteiger partial charge in [0.2, 0.25) is 0 Å². The summed E-state index contributed by atoms with van der Waals surface area (Å²) < 4.78 is 5.18. The highest BCUT2D eigenvalue weighted by molar-refractivity contribution is 9.09. The van der Waals surface area contributed by atoms with Gasteiger partial charge in [0, 0.05) is 15.9 Å². The van der Waals surface area contributed by atoms with Gasteiger partial charge in [-0.1, -0.05) is 58.9 Å². The Hall–Kier alpha value is 0.0800. The summed E-state index contributed by atoms with van der Waals surface area (Å²) in [6.45, 7) is 2.31. The highest BCUT2D eigenvalue weighted by atomic mass is 79.9. The molecule has 3 unspecified atom stereocenters. The zero-order valence-corrected chi connectivity index (χ0v) is 13.6. The lowest BCUT2D eigenvalue weighted by molar-refractivity contribution is 0.409. The molecule has 0 spiro atoms. The zero-order chi connectivity index (χ0) is 13.3. The number of hydrogen-bond acceptors (Lipinski definition) is 1. The molecule has 1 saturated carbocycles. The molecule has 1 aliphatic rings. The second kappa shape index (κ2) is 6.02. The quantitative estimate of drug-likeness (QED) is 0.618. The van der Waals surface area contributed by atoms with Gasteiger partial charge in [0.15, 0.2) is 0 Å².